The molecule has 0 saturated carbocycles. The molecule has 3 rings (SSSR count). The van der Waals surface area contributed by atoms with Gasteiger partial charge in [0.15, 0.2) is 12.4 Å². The number of halogens is 2. The number of aryl methyl sites for hydroxylation is 1. The molecule has 22 heavy (non-hydrogen) atoms. The van der Waals surface area contributed by atoms with Gasteiger partial charge in [0, 0.05) is 5.56 Å². The molecular formula is C16H12Cl2N2O2. The van der Waals surface area contributed by atoms with E-state index in [0.29, 0.717) is 27.5 Å². The highest BCUT2D eigenvalue weighted by Gasteiger charge is 2.12. The Morgan fingerprint density at radius 3 is 2.41 bits per heavy atom. The van der Waals surface area contributed by atoms with E-state index in [1.807, 2.05) is 31.2 Å². The number of nitrogens with zero attached hydrogens (tertiary/aromatic N) is 2. The van der Waals surface area contributed by atoms with Gasteiger partial charge in [-0.05, 0) is 19.1 Å². The summed E-state index contributed by atoms with van der Waals surface area (Å²) in [6.07, 6.45) is 0. The standard InChI is InChI=1S/C16H12Cl2N2O2/c1-10-5-7-11(8-6-10)16-19-14(22-20-16)9-21-15-12(17)3-2-4-13(15)18/h2-8H,9H2,1H3. The van der Waals surface area contributed by atoms with E-state index < -0.39 is 0 Å². The molecule has 0 aliphatic carbocycles. The van der Waals surface area contributed by atoms with Gasteiger partial charge in [-0.15, -0.1) is 0 Å². The van der Waals surface area contributed by atoms with E-state index in [-0.39, 0.29) is 6.61 Å². The minimum atomic E-state index is 0.0995. The summed E-state index contributed by atoms with van der Waals surface area (Å²) in [6.45, 7) is 2.12. The van der Waals surface area contributed by atoms with Gasteiger partial charge < -0.3 is 9.26 Å². The number of hydrogen-bond acceptors (Lipinski definition) is 4. The van der Waals surface area contributed by atoms with E-state index in [1.54, 1.807) is 18.2 Å². The molecule has 0 fully saturated rings. The topological polar surface area (TPSA) is 48.2 Å². The average molecular weight is 335 g/mol. The second-order valence-corrected chi connectivity index (χ2v) is 5.53. The summed E-state index contributed by atoms with van der Waals surface area (Å²) in [5, 5.41) is 4.81. The third-order valence-corrected chi connectivity index (χ3v) is 3.63. The first kappa shape index (κ1) is 14.9. The molecule has 0 aliphatic rings. The Morgan fingerprint density at radius 1 is 1.05 bits per heavy atom. The zero-order valence-electron chi connectivity index (χ0n) is 11.7. The second kappa shape index (κ2) is 6.38. The minimum absolute atomic E-state index is 0.0995. The predicted molar refractivity (Wildman–Crippen MR) is 85.3 cm³/mol. The van der Waals surface area contributed by atoms with Crippen LogP contribution in [0.3, 0.4) is 0 Å². The van der Waals surface area contributed by atoms with Crippen molar-refractivity contribution in [1.82, 2.24) is 10.1 Å². The molecule has 0 amide bonds. The van der Waals surface area contributed by atoms with Gasteiger partial charge in [-0.1, -0.05) is 64.3 Å². The van der Waals surface area contributed by atoms with Crippen LogP contribution in [0.25, 0.3) is 11.4 Å². The van der Waals surface area contributed by atoms with Crippen molar-refractivity contribution >= 4 is 23.2 Å². The van der Waals surface area contributed by atoms with Crippen molar-refractivity contribution < 1.29 is 9.26 Å². The van der Waals surface area contributed by atoms with Crippen LogP contribution in [0, 0.1) is 6.92 Å². The van der Waals surface area contributed by atoms with Crippen LogP contribution in [0.15, 0.2) is 47.0 Å². The van der Waals surface area contributed by atoms with Crippen molar-refractivity contribution in [2.75, 3.05) is 0 Å². The molecule has 6 heteroatoms. The van der Waals surface area contributed by atoms with Crippen molar-refractivity contribution in [3.05, 3.63) is 64.0 Å². The number of rotatable bonds is 4. The van der Waals surface area contributed by atoms with Crippen LogP contribution in [-0.2, 0) is 6.61 Å². The van der Waals surface area contributed by atoms with Crippen LogP contribution in [0.2, 0.25) is 10.0 Å². The van der Waals surface area contributed by atoms with Crippen LogP contribution in [0.5, 0.6) is 5.75 Å². The normalized spacial score (nSPS) is 10.7. The molecule has 0 bridgehead atoms. The van der Waals surface area contributed by atoms with E-state index in [0.717, 1.165) is 5.56 Å². The van der Waals surface area contributed by atoms with E-state index in [4.69, 9.17) is 32.5 Å². The van der Waals surface area contributed by atoms with Crippen LogP contribution in [-0.4, -0.2) is 10.1 Å². The second-order valence-electron chi connectivity index (χ2n) is 4.72. The summed E-state index contributed by atoms with van der Waals surface area (Å²) in [5.41, 5.74) is 2.06. The third kappa shape index (κ3) is 3.24. The van der Waals surface area contributed by atoms with E-state index in [1.165, 1.54) is 5.56 Å². The molecule has 1 aromatic heterocycles. The minimum Gasteiger partial charge on any atom is -0.481 e. The lowest BCUT2D eigenvalue weighted by molar-refractivity contribution is 0.243. The molecule has 4 nitrogen and oxygen atoms in total. The number of para-hydroxylation sites is 1. The van der Waals surface area contributed by atoms with Crippen LogP contribution in [0.1, 0.15) is 11.5 Å². The van der Waals surface area contributed by atoms with Crippen LogP contribution in [0.4, 0.5) is 0 Å². The lowest BCUT2D eigenvalue weighted by Crippen LogP contribution is -1.97. The molecule has 0 unspecified atom stereocenters. The molecule has 0 radical (unpaired) electrons. The summed E-state index contributed by atoms with van der Waals surface area (Å²) in [7, 11) is 0. The number of benzene rings is 2. The van der Waals surface area contributed by atoms with Gasteiger partial charge in [-0.25, -0.2) is 0 Å². The monoisotopic (exact) mass is 334 g/mol. The van der Waals surface area contributed by atoms with Crippen molar-refractivity contribution in [1.29, 1.82) is 0 Å². The Morgan fingerprint density at radius 2 is 1.73 bits per heavy atom. The van der Waals surface area contributed by atoms with Gasteiger partial charge in [0.25, 0.3) is 5.89 Å². The van der Waals surface area contributed by atoms with Gasteiger partial charge in [0.05, 0.1) is 10.0 Å². The molecule has 0 aliphatic heterocycles. The summed E-state index contributed by atoms with van der Waals surface area (Å²) in [6, 6.07) is 13.0. The Bertz CT molecular complexity index is 765. The SMILES string of the molecule is Cc1ccc(-c2noc(COc3c(Cl)cccc3Cl)n2)cc1. The molecule has 1 heterocycles. The summed E-state index contributed by atoms with van der Waals surface area (Å²) >= 11 is 12.1. The molecule has 112 valence electrons. The maximum absolute atomic E-state index is 6.04. The first-order chi connectivity index (χ1) is 10.6. The van der Waals surface area contributed by atoms with Crippen molar-refractivity contribution in [2.45, 2.75) is 13.5 Å². The number of ether oxygens (including phenoxy) is 1. The van der Waals surface area contributed by atoms with Crippen molar-refractivity contribution in [3.8, 4) is 17.1 Å². The van der Waals surface area contributed by atoms with Gasteiger partial charge >= 0.3 is 0 Å². The molecule has 0 atom stereocenters. The summed E-state index contributed by atoms with van der Waals surface area (Å²) in [4.78, 5) is 4.30. The number of hydrogen-bond donors (Lipinski definition) is 0. The first-order valence-corrected chi connectivity index (χ1v) is 7.35. The zero-order chi connectivity index (χ0) is 15.5. The molecular weight excluding hydrogens is 323 g/mol. The van der Waals surface area contributed by atoms with E-state index in [2.05, 4.69) is 10.1 Å². The fourth-order valence-corrected chi connectivity index (χ4v) is 2.39. The van der Waals surface area contributed by atoms with Crippen molar-refractivity contribution in [3.63, 3.8) is 0 Å². The Labute approximate surface area is 137 Å². The maximum atomic E-state index is 6.04. The van der Waals surface area contributed by atoms with Gasteiger partial charge in [0.2, 0.25) is 5.82 Å². The highest BCUT2D eigenvalue weighted by Crippen LogP contribution is 2.32. The lowest BCUT2D eigenvalue weighted by atomic mass is 10.1. The fourth-order valence-electron chi connectivity index (χ4n) is 1.89. The van der Waals surface area contributed by atoms with E-state index in [9.17, 15) is 0 Å². The lowest BCUT2D eigenvalue weighted by Gasteiger charge is -2.06. The Balaban J connectivity index is 1.73. The van der Waals surface area contributed by atoms with E-state index >= 15 is 0 Å². The summed E-state index contributed by atoms with van der Waals surface area (Å²) in [5.74, 6) is 1.27. The zero-order valence-corrected chi connectivity index (χ0v) is 13.2. The largest absolute Gasteiger partial charge is 0.481 e. The van der Waals surface area contributed by atoms with Crippen LogP contribution >= 0.6 is 23.2 Å². The smallest absolute Gasteiger partial charge is 0.264 e. The van der Waals surface area contributed by atoms with Gasteiger partial charge in [0.1, 0.15) is 0 Å². The van der Waals surface area contributed by atoms with Crippen LogP contribution < -0.4 is 4.74 Å². The highest BCUT2D eigenvalue weighted by molar-refractivity contribution is 6.37. The number of aromatic nitrogens is 2. The molecule has 0 spiro atoms. The molecule has 0 saturated heterocycles. The van der Waals surface area contributed by atoms with Crippen molar-refractivity contribution in [2.24, 2.45) is 0 Å². The quantitative estimate of drug-likeness (QED) is 0.678. The fraction of sp³-hybridized carbons (Fsp3) is 0.125. The molecule has 3 aromatic rings. The maximum Gasteiger partial charge on any atom is 0.264 e. The Hall–Kier alpha value is -2.04. The first-order valence-electron chi connectivity index (χ1n) is 6.60. The molecule has 2 aromatic carbocycles. The summed E-state index contributed by atoms with van der Waals surface area (Å²) < 4.78 is 10.7. The highest BCUT2D eigenvalue weighted by atomic mass is 35.5. The van der Waals surface area contributed by atoms with Gasteiger partial charge in [-0.2, -0.15) is 4.98 Å². The molecule has 0 N–H and O–H groups in total. The average Bonchev–Trinajstić information content (AvgIpc) is 2.96. The predicted octanol–water partition coefficient (Wildman–Crippen LogP) is 4.93. The third-order valence-electron chi connectivity index (χ3n) is 3.04. The Kier molecular flexibility index (Phi) is 4.32. The van der Waals surface area contributed by atoms with Gasteiger partial charge in [-0.3, -0.25) is 0 Å².